The van der Waals surface area contributed by atoms with E-state index < -0.39 is 5.97 Å². The van der Waals surface area contributed by atoms with Gasteiger partial charge in [0.15, 0.2) is 0 Å². The molecule has 1 aliphatic heterocycles. The van der Waals surface area contributed by atoms with Gasteiger partial charge in [0.05, 0.1) is 14.2 Å². The lowest BCUT2D eigenvalue weighted by Gasteiger charge is -2.17. The first kappa shape index (κ1) is 16.8. The normalized spacial score (nSPS) is 16.8. The van der Waals surface area contributed by atoms with E-state index in [0.717, 1.165) is 11.3 Å². The Labute approximate surface area is 145 Å². The van der Waals surface area contributed by atoms with Crippen LogP contribution in [0.2, 0.25) is 0 Å². The molecule has 1 N–H and O–H groups in total. The number of nitrogens with zero attached hydrogens (tertiary/aromatic N) is 1. The van der Waals surface area contributed by atoms with Crippen LogP contribution in [0.25, 0.3) is 0 Å². The summed E-state index contributed by atoms with van der Waals surface area (Å²) in [5.41, 5.74) is 2.04. The summed E-state index contributed by atoms with van der Waals surface area (Å²) in [6, 6.07) is 11.8. The fourth-order valence-corrected chi connectivity index (χ4v) is 3.05. The first-order valence-electron chi connectivity index (χ1n) is 7.89. The van der Waals surface area contributed by atoms with Crippen molar-refractivity contribution in [2.45, 2.75) is 12.3 Å². The third-order valence-electron chi connectivity index (χ3n) is 4.39. The van der Waals surface area contributed by atoms with Gasteiger partial charge in [-0.15, -0.1) is 0 Å². The number of hydrogen-bond acceptors (Lipinski definition) is 5. The third-order valence-corrected chi connectivity index (χ3v) is 4.39. The summed E-state index contributed by atoms with van der Waals surface area (Å²) in [4.78, 5) is 25.8. The van der Waals surface area contributed by atoms with E-state index in [-0.39, 0.29) is 17.6 Å². The van der Waals surface area contributed by atoms with E-state index >= 15 is 0 Å². The van der Waals surface area contributed by atoms with E-state index in [1.165, 1.54) is 14.2 Å². The molecule has 0 aliphatic carbocycles. The summed E-state index contributed by atoms with van der Waals surface area (Å²) >= 11 is 0. The van der Waals surface area contributed by atoms with Crippen molar-refractivity contribution < 1.29 is 24.2 Å². The summed E-state index contributed by atoms with van der Waals surface area (Å²) in [6.07, 6.45) is 0.377. The molecule has 25 heavy (non-hydrogen) atoms. The highest BCUT2D eigenvalue weighted by atomic mass is 16.5. The van der Waals surface area contributed by atoms with E-state index in [2.05, 4.69) is 0 Å². The zero-order valence-corrected chi connectivity index (χ0v) is 14.1. The van der Waals surface area contributed by atoms with E-state index in [9.17, 15) is 14.7 Å². The Bertz CT molecular complexity index is 800. The molecule has 0 radical (unpaired) electrons. The molecule has 0 spiro atoms. The number of ether oxygens (including phenoxy) is 2. The molecule has 1 fully saturated rings. The van der Waals surface area contributed by atoms with Crippen molar-refractivity contribution in [1.29, 1.82) is 0 Å². The maximum absolute atomic E-state index is 12.4. The lowest BCUT2D eigenvalue weighted by molar-refractivity contribution is -0.117. The highest BCUT2D eigenvalue weighted by Crippen LogP contribution is 2.34. The molecule has 1 unspecified atom stereocenters. The summed E-state index contributed by atoms with van der Waals surface area (Å²) in [7, 11) is 2.81. The van der Waals surface area contributed by atoms with Gasteiger partial charge >= 0.3 is 5.97 Å². The van der Waals surface area contributed by atoms with Gasteiger partial charge in [0.1, 0.15) is 17.1 Å². The number of carbonyl (C=O) groups excluding carboxylic acids is 2. The molecule has 1 heterocycles. The molecule has 0 bridgehead atoms. The minimum Gasteiger partial charge on any atom is -0.508 e. The molecule has 2 aromatic rings. The van der Waals surface area contributed by atoms with Crippen molar-refractivity contribution >= 4 is 17.6 Å². The predicted octanol–water partition coefficient (Wildman–Crippen LogP) is 2.71. The minimum absolute atomic E-state index is 0.00176. The lowest BCUT2D eigenvalue weighted by atomic mass is 9.96. The number of aromatic hydroxyl groups is 1. The smallest absolute Gasteiger partial charge is 0.341 e. The molecule has 0 aromatic heterocycles. The summed E-state index contributed by atoms with van der Waals surface area (Å²) in [5.74, 6) is 0.153. The molecule has 130 valence electrons. The molecule has 6 heteroatoms. The number of rotatable bonds is 4. The number of carbonyl (C=O) groups is 2. The van der Waals surface area contributed by atoms with Crippen LogP contribution in [0.4, 0.5) is 5.69 Å². The molecule has 1 amide bonds. The van der Waals surface area contributed by atoms with Crippen molar-refractivity contribution in [3.05, 3.63) is 53.6 Å². The molecule has 1 saturated heterocycles. The number of esters is 1. The fraction of sp³-hybridized carbons (Fsp3) is 0.263. The zero-order valence-electron chi connectivity index (χ0n) is 14.1. The maximum atomic E-state index is 12.4. The minimum atomic E-state index is -0.461. The SMILES string of the molecule is COC(=O)c1ccc(C2CC(=O)N(c3ccc(O)cc3)C2)cc1OC. The Morgan fingerprint density at radius 3 is 2.52 bits per heavy atom. The number of phenols is 1. The molecule has 2 aromatic carbocycles. The quantitative estimate of drug-likeness (QED) is 0.866. The standard InChI is InChI=1S/C19H19NO5/c1-24-17-9-12(3-8-16(17)19(23)25-2)13-10-18(22)20(11-13)14-4-6-15(21)7-5-14/h3-9,13,21H,10-11H2,1-2H3. The molecular formula is C19H19NO5. The van der Waals surface area contributed by atoms with Crippen LogP contribution in [0.15, 0.2) is 42.5 Å². The molecule has 1 aliphatic rings. The molecular weight excluding hydrogens is 322 g/mol. The van der Waals surface area contributed by atoms with Crippen LogP contribution in [0.5, 0.6) is 11.5 Å². The van der Waals surface area contributed by atoms with Gasteiger partial charge in [0.25, 0.3) is 0 Å². The fourth-order valence-electron chi connectivity index (χ4n) is 3.05. The van der Waals surface area contributed by atoms with Gasteiger partial charge in [0, 0.05) is 24.6 Å². The van der Waals surface area contributed by atoms with Crippen LogP contribution in [0.3, 0.4) is 0 Å². The van der Waals surface area contributed by atoms with E-state index in [1.54, 1.807) is 41.3 Å². The van der Waals surface area contributed by atoms with Gasteiger partial charge in [-0.05, 0) is 42.0 Å². The molecule has 1 atom stereocenters. The first-order chi connectivity index (χ1) is 12.0. The van der Waals surface area contributed by atoms with Crippen LogP contribution in [0.1, 0.15) is 28.3 Å². The number of anilines is 1. The monoisotopic (exact) mass is 341 g/mol. The van der Waals surface area contributed by atoms with Crippen LogP contribution in [-0.2, 0) is 9.53 Å². The number of benzene rings is 2. The van der Waals surface area contributed by atoms with E-state index in [0.29, 0.717) is 24.3 Å². The molecule has 0 saturated carbocycles. The van der Waals surface area contributed by atoms with Gasteiger partial charge in [-0.2, -0.15) is 0 Å². The van der Waals surface area contributed by atoms with Gasteiger partial charge < -0.3 is 19.5 Å². The van der Waals surface area contributed by atoms with Gasteiger partial charge in [-0.25, -0.2) is 4.79 Å². The van der Waals surface area contributed by atoms with Gasteiger partial charge in [-0.3, -0.25) is 4.79 Å². The maximum Gasteiger partial charge on any atom is 0.341 e. The van der Waals surface area contributed by atoms with Gasteiger partial charge in [-0.1, -0.05) is 6.07 Å². The Balaban J connectivity index is 1.84. The Morgan fingerprint density at radius 1 is 1.16 bits per heavy atom. The zero-order chi connectivity index (χ0) is 18.0. The Morgan fingerprint density at radius 2 is 1.88 bits per heavy atom. The number of amides is 1. The average molecular weight is 341 g/mol. The second-order valence-corrected chi connectivity index (χ2v) is 5.87. The second-order valence-electron chi connectivity index (χ2n) is 5.87. The van der Waals surface area contributed by atoms with Crippen molar-refractivity contribution in [3.8, 4) is 11.5 Å². The number of methoxy groups -OCH3 is 2. The van der Waals surface area contributed by atoms with Crippen LogP contribution in [-0.4, -0.2) is 37.7 Å². The summed E-state index contributed by atoms with van der Waals surface area (Å²) < 4.78 is 10.0. The van der Waals surface area contributed by atoms with Crippen molar-refractivity contribution in [2.24, 2.45) is 0 Å². The number of hydrogen-bond donors (Lipinski definition) is 1. The van der Waals surface area contributed by atoms with E-state index in [1.807, 2.05) is 6.07 Å². The summed E-state index contributed by atoms with van der Waals surface area (Å²) in [5, 5.41) is 9.39. The Hall–Kier alpha value is -3.02. The highest BCUT2D eigenvalue weighted by molar-refractivity contribution is 5.97. The van der Waals surface area contributed by atoms with Crippen LogP contribution in [0, 0.1) is 0 Å². The average Bonchev–Trinajstić information content (AvgIpc) is 3.03. The van der Waals surface area contributed by atoms with E-state index in [4.69, 9.17) is 9.47 Å². The third kappa shape index (κ3) is 3.28. The summed E-state index contributed by atoms with van der Waals surface area (Å²) in [6.45, 7) is 0.532. The predicted molar refractivity (Wildman–Crippen MR) is 92.2 cm³/mol. The first-order valence-corrected chi connectivity index (χ1v) is 7.89. The second kappa shape index (κ2) is 6.84. The van der Waals surface area contributed by atoms with Gasteiger partial charge in [0.2, 0.25) is 5.91 Å². The van der Waals surface area contributed by atoms with Crippen LogP contribution < -0.4 is 9.64 Å². The molecule has 6 nitrogen and oxygen atoms in total. The highest BCUT2D eigenvalue weighted by Gasteiger charge is 2.32. The molecule has 3 rings (SSSR count). The van der Waals surface area contributed by atoms with Crippen molar-refractivity contribution in [1.82, 2.24) is 0 Å². The van der Waals surface area contributed by atoms with Crippen LogP contribution >= 0.6 is 0 Å². The topological polar surface area (TPSA) is 76.1 Å². The van der Waals surface area contributed by atoms with Crippen molar-refractivity contribution in [2.75, 3.05) is 25.7 Å². The Kier molecular flexibility index (Phi) is 4.61. The largest absolute Gasteiger partial charge is 0.508 e. The van der Waals surface area contributed by atoms with Crippen molar-refractivity contribution in [3.63, 3.8) is 0 Å². The lowest BCUT2D eigenvalue weighted by Crippen LogP contribution is -2.24. The number of phenolic OH excluding ortho intramolecular Hbond substituents is 1.